The van der Waals surface area contributed by atoms with Crippen molar-refractivity contribution in [2.75, 3.05) is 28.4 Å². The van der Waals surface area contributed by atoms with Gasteiger partial charge in [-0.3, -0.25) is 0 Å². The Morgan fingerprint density at radius 2 is 0.792 bits per heavy atom. The average molecular weight is 332 g/mol. The van der Waals surface area contributed by atoms with Gasteiger partial charge in [0.15, 0.2) is 0 Å². The molecule has 24 heavy (non-hydrogen) atoms. The lowest BCUT2D eigenvalue weighted by molar-refractivity contribution is 0.389. The van der Waals surface area contributed by atoms with Crippen molar-refractivity contribution in [3.63, 3.8) is 0 Å². The molecular weight excluding hydrogens is 308 g/mol. The predicted octanol–water partition coefficient (Wildman–Crippen LogP) is 2.42. The predicted molar refractivity (Wildman–Crippen MR) is 92.9 cm³/mol. The van der Waals surface area contributed by atoms with Gasteiger partial charge in [-0.05, 0) is 35.4 Å². The summed E-state index contributed by atoms with van der Waals surface area (Å²) in [5, 5.41) is 0. The summed E-state index contributed by atoms with van der Waals surface area (Å²) in [6.45, 7) is 0. The van der Waals surface area contributed by atoms with Crippen LogP contribution in [-0.2, 0) is 0 Å². The van der Waals surface area contributed by atoms with Crippen molar-refractivity contribution in [2.24, 2.45) is 11.5 Å². The van der Waals surface area contributed by atoms with Gasteiger partial charge in [0, 0.05) is 24.2 Å². The van der Waals surface area contributed by atoms with E-state index in [1.165, 1.54) is 0 Å². The Labute approximate surface area is 142 Å². The number of hydrogen-bond acceptors (Lipinski definition) is 6. The molecule has 0 heterocycles. The maximum atomic E-state index is 6.38. The third kappa shape index (κ3) is 3.90. The number of methoxy groups -OCH3 is 4. The van der Waals surface area contributed by atoms with E-state index in [1.54, 1.807) is 40.6 Å². The van der Waals surface area contributed by atoms with Gasteiger partial charge in [-0.2, -0.15) is 0 Å². The van der Waals surface area contributed by atoms with E-state index in [4.69, 9.17) is 30.4 Å². The first-order chi connectivity index (χ1) is 11.5. The van der Waals surface area contributed by atoms with Crippen molar-refractivity contribution < 1.29 is 18.9 Å². The van der Waals surface area contributed by atoms with Gasteiger partial charge in [0.2, 0.25) is 0 Å². The van der Waals surface area contributed by atoms with Gasteiger partial charge in [0.25, 0.3) is 0 Å². The molecular formula is C18H24N2O4. The summed E-state index contributed by atoms with van der Waals surface area (Å²) in [5.41, 5.74) is 14.4. The third-order valence-electron chi connectivity index (χ3n) is 3.90. The minimum absolute atomic E-state index is 0.453. The van der Waals surface area contributed by atoms with Crippen molar-refractivity contribution in [3.05, 3.63) is 47.5 Å². The highest BCUT2D eigenvalue weighted by atomic mass is 16.5. The third-order valence-corrected chi connectivity index (χ3v) is 3.90. The van der Waals surface area contributed by atoms with E-state index in [1.807, 2.05) is 24.3 Å². The maximum Gasteiger partial charge on any atom is 0.122 e. The minimum Gasteiger partial charge on any atom is -0.497 e. The SMILES string of the molecule is COc1cc(OC)cc(C(N)C(N)c2cc(OC)cc(OC)c2)c1. The van der Waals surface area contributed by atoms with E-state index in [0.29, 0.717) is 23.0 Å². The largest absolute Gasteiger partial charge is 0.497 e. The summed E-state index contributed by atoms with van der Waals surface area (Å²) in [5.74, 6) is 2.65. The molecule has 4 N–H and O–H groups in total. The second kappa shape index (κ2) is 7.90. The van der Waals surface area contributed by atoms with Crippen molar-refractivity contribution in [1.82, 2.24) is 0 Å². The van der Waals surface area contributed by atoms with Crippen LogP contribution in [-0.4, -0.2) is 28.4 Å². The van der Waals surface area contributed by atoms with E-state index in [9.17, 15) is 0 Å². The quantitative estimate of drug-likeness (QED) is 0.809. The highest BCUT2D eigenvalue weighted by Gasteiger charge is 2.20. The Bertz CT molecular complexity index is 587. The molecule has 130 valence electrons. The molecule has 0 aliphatic rings. The lowest BCUT2D eigenvalue weighted by atomic mass is 9.94. The fraction of sp³-hybridized carbons (Fsp3) is 0.333. The zero-order valence-corrected chi connectivity index (χ0v) is 14.4. The Hall–Kier alpha value is -2.44. The second-order valence-electron chi connectivity index (χ2n) is 5.34. The Morgan fingerprint density at radius 3 is 1.00 bits per heavy atom. The van der Waals surface area contributed by atoms with Gasteiger partial charge in [-0.1, -0.05) is 0 Å². The first-order valence-electron chi connectivity index (χ1n) is 7.49. The lowest BCUT2D eigenvalue weighted by Gasteiger charge is -2.22. The van der Waals surface area contributed by atoms with Crippen LogP contribution in [0, 0.1) is 0 Å². The number of ether oxygens (including phenoxy) is 4. The van der Waals surface area contributed by atoms with Crippen LogP contribution in [0.2, 0.25) is 0 Å². The molecule has 0 aliphatic carbocycles. The Kier molecular flexibility index (Phi) is 5.89. The fourth-order valence-corrected chi connectivity index (χ4v) is 2.46. The molecule has 0 fully saturated rings. The van der Waals surface area contributed by atoms with Crippen LogP contribution in [0.5, 0.6) is 23.0 Å². The molecule has 2 rings (SSSR count). The summed E-state index contributed by atoms with van der Waals surface area (Å²) in [6.07, 6.45) is 0. The molecule has 2 atom stereocenters. The Morgan fingerprint density at radius 1 is 0.542 bits per heavy atom. The first kappa shape index (κ1) is 17.9. The van der Waals surface area contributed by atoms with E-state index in [0.717, 1.165) is 11.1 Å². The number of rotatable bonds is 7. The normalized spacial score (nSPS) is 13.1. The van der Waals surface area contributed by atoms with Crippen molar-refractivity contribution >= 4 is 0 Å². The van der Waals surface area contributed by atoms with Crippen molar-refractivity contribution in [2.45, 2.75) is 12.1 Å². The number of nitrogens with two attached hydrogens (primary N) is 2. The van der Waals surface area contributed by atoms with Gasteiger partial charge in [-0.25, -0.2) is 0 Å². The molecule has 2 unspecified atom stereocenters. The molecule has 0 spiro atoms. The lowest BCUT2D eigenvalue weighted by Crippen LogP contribution is -2.26. The molecule has 0 amide bonds. The summed E-state index contributed by atoms with van der Waals surface area (Å²) in [4.78, 5) is 0. The summed E-state index contributed by atoms with van der Waals surface area (Å²) < 4.78 is 21.2. The monoisotopic (exact) mass is 332 g/mol. The topological polar surface area (TPSA) is 89.0 Å². The van der Waals surface area contributed by atoms with Gasteiger partial charge in [0.05, 0.1) is 28.4 Å². The Balaban J connectivity index is 2.37. The summed E-state index contributed by atoms with van der Waals surface area (Å²) in [7, 11) is 6.38. The van der Waals surface area contributed by atoms with Gasteiger partial charge < -0.3 is 30.4 Å². The highest BCUT2D eigenvalue weighted by Crippen LogP contribution is 2.33. The molecule has 0 saturated heterocycles. The van der Waals surface area contributed by atoms with Crippen LogP contribution in [0.25, 0.3) is 0 Å². The summed E-state index contributed by atoms with van der Waals surface area (Å²) >= 11 is 0. The van der Waals surface area contributed by atoms with Gasteiger partial charge in [-0.15, -0.1) is 0 Å². The molecule has 0 aliphatic heterocycles. The van der Waals surface area contributed by atoms with Crippen LogP contribution in [0.3, 0.4) is 0 Å². The number of benzene rings is 2. The molecule has 2 aromatic carbocycles. The van der Waals surface area contributed by atoms with E-state index in [-0.39, 0.29) is 0 Å². The molecule has 0 saturated carbocycles. The van der Waals surface area contributed by atoms with E-state index < -0.39 is 12.1 Å². The maximum absolute atomic E-state index is 6.38. The van der Waals surface area contributed by atoms with Crippen LogP contribution in [0.15, 0.2) is 36.4 Å². The molecule has 6 nitrogen and oxygen atoms in total. The first-order valence-corrected chi connectivity index (χ1v) is 7.49. The molecule has 0 bridgehead atoms. The highest BCUT2D eigenvalue weighted by molar-refractivity contribution is 5.43. The van der Waals surface area contributed by atoms with Crippen LogP contribution in [0.1, 0.15) is 23.2 Å². The van der Waals surface area contributed by atoms with E-state index in [2.05, 4.69) is 0 Å². The zero-order valence-electron chi connectivity index (χ0n) is 14.4. The second-order valence-corrected chi connectivity index (χ2v) is 5.34. The van der Waals surface area contributed by atoms with Gasteiger partial charge >= 0.3 is 0 Å². The summed E-state index contributed by atoms with van der Waals surface area (Å²) in [6, 6.07) is 10.1. The fourth-order valence-electron chi connectivity index (χ4n) is 2.46. The van der Waals surface area contributed by atoms with Crippen LogP contribution in [0.4, 0.5) is 0 Å². The number of hydrogen-bond donors (Lipinski definition) is 2. The minimum atomic E-state index is -0.453. The smallest absolute Gasteiger partial charge is 0.122 e. The van der Waals surface area contributed by atoms with Crippen molar-refractivity contribution in [3.8, 4) is 23.0 Å². The van der Waals surface area contributed by atoms with E-state index >= 15 is 0 Å². The molecule has 0 aromatic heterocycles. The molecule has 2 aromatic rings. The van der Waals surface area contributed by atoms with Gasteiger partial charge in [0.1, 0.15) is 23.0 Å². The molecule has 0 radical (unpaired) electrons. The van der Waals surface area contributed by atoms with Crippen molar-refractivity contribution in [1.29, 1.82) is 0 Å². The zero-order chi connectivity index (χ0) is 17.7. The standard InChI is InChI=1S/C18H24N2O4/c1-21-13-5-11(6-14(9-13)22-2)17(19)18(20)12-7-15(23-3)10-16(8-12)24-4/h5-10,17-18H,19-20H2,1-4H3. The van der Waals surface area contributed by atoms with Crippen LogP contribution < -0.4 is 30.4 Å². The molecule has 6 heteroatoms. The van der Waals surface area contributed by atoms with Crippen LogP contribution >= 0.6 is 0 Å². The average Bonchev–Trinajstić information content (AvgIpc) is 2.65.